The molecule has 0 saturated carbocycles. The van der Waals surface area contributed by atoms with E-state index in [9.17, 15) is 23.9 Å². The fraction of sp³-hybridized carbons (Fsp3) is 0.333. The van der Waals surface area contributed by atoms with E-state index >= 15 is 0 Å². The maximum absolute atomic E-state index is 12.9. The zero-order valence-electron chi connectivity index (χ0n) is 17.2. The van der Waals surface area contributed by atoms with Crippen LogP contribution in [0.25, 0.3) is 10.9 Å². The molecule has 0 spiro atoms. The maximum Gasteiger partial charge on any atom is 0.347 e. The van der Waals surface area contributed by atoms with E-state index in [4.69, 9.17) is 4.42 Å². The first-order valence-corrected chi connectivity index (χ1v) is 11.6. The highest BCUT2D eigenvalue weighted by molar-refractivity contribution is 7.52. The van der Waals surface area contributed by atoms with Gasteiger partial charge in [0.2, 0.25) is 5.91 Å². The van der Waals surface area contributed by atoms with Crippen molar-refractivity contribution in [2.75, 3.05) is 0 Å². The van der Waals surface area contributed by atoms with Gasteiger partial charge in [0.15, 0.2) is 5.76 Å². The van der Waals surface area contributed by atoms with Crippen LogP contribution in [-0.2, 0) is 15.8 Å². The molecule has 0 fully saturated rings. The normalized spacial score (nSPS) is 13.8. The van der Waals surface area contributed by atoms with Gasteiger partial charge in [0.05, 0.1) is 6.26 Å². The van der Waals surface area contributed by atoms with Crippen molar-refractivity contribution >= 4 is 30.3 Å². The van der Waals surface area contributed by atoms with Crippen molar-refractivity contribution in [2.24, 2.45) is 5.92 Å². The van der Waals surface area contributed by atoms with Crippen molar-refractivity contribution in [3.8, 4) is 0 Å². The molecule has 0 aliphatic heterocycles. The quantitative estimate of drug-likeness (QED) is 0.319. The lowest BCUT2D eigenvalue weighted by molar-refractivity contribution is -0.123. The predicted octanol–water partition coefficient (Wildman–Crippen LogP) is 2.77. The number of H-pyrrole nitrogens is 1. The van der Waals surface area contributed by atoms with Gasteiger partial charge in [-0.25, -0.2) is 0 Å². The number of aromatic nitrogens is 1. The van der Waals surface area contributed by atoms with Gasteiger partial charge in [-0.3, -0.25) is 14.2 Å². The Hall–Kier alpha value is -2.87. The number of carbonyl (C=O) groups excluding carboxylic acids is 2. The number of furan rings is 1. The van der Waals surface area contributed by atoms with E-state index in [2.05, 4.69) is 15.6 Å². The van der Waals surface area contributed by atoms with Gasteiger partial charge in [0, 0.05) is 23.5 Å². The number of rotatable bonds is 9. The molecular formula is C21H26N3O6P. The maximum atomic E-state index is 12.9. The first kappa shape index (κ1) is 22.8. The molecule has 0 aliphatic carbocycles. The van der Waals surface area contributed by atoms with Crippen LogP contribution >= 0.6 is 7.60 Å². The Morgan fingerprint density at radius 3 is 2.52 bits per heavy atom. The van der Waals surface area contributed by atoms with Crippen LogP contribution in [0.5, 0.6) is 0 Å². The standard InChI is InChI=1S/C21H26N3O6P/c1-13(2)10-17(23-21(26)18-8-5-9-30-18)20(25)24-19(31(27,28)29)11-14-12-22-16-7-4-3-6-15(14)16/h3-9,12-13,17,19,22H,10-11H2,1-2H3,(H,23,26)(H,24,25)(H2,27,28,29)/t17-,19+/m0/s1. The third kappa shape index (κ3) is 5.85. The number of amides is 2. The number of para-hydroxylation sites is 1. The van der Waals surface area contributed by atoms with Crippen LogP contribution in [0.15, 0.2) is 53.3 Å². The lowest BCUT2D eigenvalue weighted by Gasteiger charge is -2.24. The molecule has 0 radical (unpaired) electrons. The largest absolute Gasteiger partial charge is 0.459 e. The van der Waals surface area contributed by atoms with E-state index in [1.165, 1.54) is 12.3 Å². The minimum Gasteiger partial charge on any atom is -0.459 e. The summed E-state index contributed by atoms with van der Waals surface area (Å²) in [5.41, 5.74) is 1.50. The molecule has 2 atom stereocenters. The van der Waals surface area contributed by atoms with E-state index in [0.717, 1.165) is 10.9 Å². The fourth-order valence-electron chi connectivity index (χ4n) is 3.37. The summed E-state index contributed by atoms with van der Waals surface area (Å²) in [5.74, 6) is -2.58. The molecule has 2 aromatic heterocycles. The molecule has 2 heterocycles. The Morgan fingerprint density at radius 1 is 1.13 bits per heavy atom. The summed E-state index contributed by atoms with van der Waals surface area (Å²) < 4.78 is 17.2. The van der Waals surface area contributed by atoms with Crippen LogP contribution in [0.3, 0.4) is 0 Å². The Labute approximate surface area is 179 Å². The third-order valence-electron chi connectivity index (χ3n) is 4.88. The summed E-state index contributed by atoms with van der Waals surface area (Å²) in [6.45, 7) is 3.76. The molecule has 0 saturated heterocycles. The number of aromatic amines is 1. The second kappa shape index (κ2) is 9.51. The lowest BCUT2D eigenvalue weighted by atomic mass is 10.0. The van der Waals surface area contributed by atoms with Crippen LogP contribution in [0.1, 0.15) is 36.4 Å². The molecule has 31 heavy (non-hydrogen) atoms. The lowest BCUT2D eigenvalue weighted by Crippen LogP contribution is -2.50. The van der Waals surface area contributed by atoms with E-state index in [1.807, 2.05) is 38.1 Å². The number of nitrogens with one attached hydrogen (secondary N) is 3. The van der Waals surface area contributed by atoms with E-state index in [-0.39, 0.29) is 18.1 Å². The van der Waals surface area contributed by atoms with Crippen molar-refractivity contribution in [3.05, 3.63) is 60.2 Å². The molecule has 166 valence electrons. The van der Waals surface area contributed by atoms with Crippen molar-refractivity contribution in [3.63, 3.8) is 0 Å². The first-order chi connectivity index (χ1) is 14.6. The minimum atomic E-state index is -4.68. The number of hydrogen-bond acceptors (Lipinski definition) is 4. The monoisotopic (exact) mass is 447 g/mol. The van der Waals surface area contributed by atoms with E-state index in [1.54, 1.807) is 12.3 Å². The fourth-order valence-corrected chi connectivity index (χ4v) is 4.10. The molecule has 0 bridgehead atoms. The van der Waals surface area contributed by atoms with E-state index < -0.39 is 31.2 Å². The molecule has 10 heteroatoms. The van der Waals surface area contributed by atoms with Crippen molar-refractivity contribution in [2.45, 2.75) is 38.5 Å². The third-order valence-corrected chi connectivity index (χ3v) is 6.00. The number of fused-ring (bicyclic) bond motifs is 1. The van der Waals surface area contributed by atoms with Gasteiger partial charge in [-0.2, -0.15) is 0 Å². The summed E-state index contributed by atoms with van der Waals surface area (Å²) in [6.07, 6.45) is 3.24. The predicted molar refractivity (Wildman–Crippen MR) is 115 cm³/mol. The topological polar surface area (TPSA) is 145 Å². The minimum absolute atomic E-state index is 0.0480. The molecule has 1 aromatic carbocycles. The van der Waals surface area contributed by atoms with Gasteiger partial charge < -0.3 is 29.8 Å². The van der Waals surface area contributed by atoms with Gasteiger partial charge in [0.25, 0.3) is 5.91 Å². The average Bonchev–Trinajstić information content (AvgIpc) is 3.36. The molecule has 3 aromatic rings. The summed E-state index contributed by atoms with van der Waals surface area (Å²) in [4.78, 5) is 48.1. The number of carbonyl (C=O) groups is 2. The van der Waals surface area contributed by atoms with Gasteiger partial charge in [-0.15, -0.1) is 0 Å². The highest BCUT2D eigenvalue weighted by atomic mass is 31.2. The molecule has 0 unspecified atom stereocenters. The Morgan fingerprint density at radius 2 is 1.87 bits per heavy atom. The second-order valence-electron chi connectivity index (χ2n) is 7.81. The molecular weight excluding hydrogens is 421 g/mol. The highest BCUT2D eigenvalue weighted by Gasteiger charge is 2.34. The van der Waals surface area contributed by atoms with Crippen LogP contribution in [0, 0.1) is 5.92 Å². The van der Waals surface area contributed by atoms with Crippen molar-refractivity contribution < 1.29 is 28.4 Å². The first-order valence-electron chi connectivity index (χ1n) is 9.90. The zero-order chi connectivity index (χ0) is 22.6. The smallest absolute Gasteiger partial charge is 0.347 e. The molecule has 5 N–H and O–H groups in total. The SMILES string of the molecule is CC(C)C[C@H](NC(=O)c1ccco1)C(=O)N[C@@H](Cc1c[nH]c2ccccc12)P(=O)(O)O. The Kier molecular flexibility index (Phi) is 7.00. The summed E-state index contributed by atoms with van der Waals surface area (Å²) in [7, 11) is -4.68. The van der Waals surface area contributed by atoms with Gasteiger partial charge in [-0.05, 0) is 36.1 Å². The average molecular weight is 447 g/mol. The highest BCUT2D eigenvalue weighted by Crippen LogP contribution is 2.42. The second-order valence-corrected chi connectivity index (χ2v) is 9.61. The van der Waals surface area contributed by atoms with Crippen LogP contribution in [0.4, 0.5) is 0 Å². The summed E-state index contributed by atoms with van der Waals surface area (Å²) in [5, 5.41) is 5.87. The van der Waals surface area contributed by atoms with E-state index in [0.29, 0.717) is 12.0 Å². The molecule has 9 nitrogen and oxygen atoms in total. The molecule has 3 rings (SSSR count). The molecule has 0 aliphatic rings. The van der Waals surface area contributed by atoms with Gasteiger partial charge in [0.1, 0.15) is 11.8 Å². The van der Waals surface area contributed by atoms with Crippen LogP contribution in [-0.4, -0.2) is 38.4 Å². The van der Waals surface area contributed by atoms with Crippen molar-refractivity contribution in [1.82, 2.24) is 15.6 Å². The van der Waals surface area contributed by atoms with Gasteiger partial charge in [-0.1, -0.05) is 32.0 Å². The zero-order valence-corrected chi connectivity index (χ0v) is 18.1. The Balaban J connectivity index is 1.78. The molecule has 2 amide bonds. The number of hydrogen-bond donors (Lipinski definition) is 5. The number of benzene rings is 1. The summed E-state index contributed by atoms with van der Waals surface area (Å²) >= 11 is 0. The Bertz CT molecular complexity index is 1090. The summed E-state index contributed by atoms with van der Waals surface area (Å²) in [6, 6.07) is 9.41. The van der Waals surface area contributed by atoms with Crippen LogP contribution < -0.4 is 10.6 Å². The van der Waals surface area contributed by atoms with Crippen molar-refractivity contribution in [1.29, 1.82) is 0 Å². The van der Waals surface area contributed by atoms with Crippen LogP contribution in [0.2, 0.25) is 0 Å². The van der Waals surface area contributed by atoms with Gasteiger partial charge >= 0.3 is 7.60 Å².